The first kappa shape index (κ1) is 10.2. The largest absolute Gasteiger partial charge is 0.328 e. The average Bonchev–Trinajstić information content (AvgIpc) is 1.90. The zero-order valence-corrected chi connectivity index (χ0v) is 6.92. The molecule has 0 saturated heterocycles. The van der Waals surface area contributed by atoms with Gasteiger partial charge < -0.3 is 5.73 Å². The first-order valence-electron chi connectivity index (χ1n) is 3.66. The molecule has 0 aliphatic heterocycles. The average molecular weight is 168 g/mol. The third-order valence-corrected chi connectivity index (χ3v) is 2.12. The van der Waals surface area contributed by atoms with Crippen molar-refractivity contribution in [2.24, 2.45) is 5.73 Å². The second-order valence-corrected chi connectivity index (χ2v) is 2.92. The highest BCUT2D eigenvalue weighted by Crippen LogP contribution is 2.30. The van der Waals surface area contributed by atoms with Crippen LogP contribution in [0, 0.1) is 0 Å². The molecule has 10 heavy (non-hydrogen) atoms. The van der Waals surface area contributed by atoms with E-state index in [0.717, 1.165) is 12.8 Å². The molecule has 0 aromatic carbocycles. The molecule has 62 valence electrons. The van der Waals surface area contributed by atoms with Crippen molar-refractivity contribution in [2.75, 3.05) is 6.54 Å². The maximum absolute atomic E-state index is 13.2. The summed E-state index contributed by atoms with van der Waals surface area (Å²) in [6.07, 6.45) is 4.60. The fraction of sp³-hybridized carbons (Fsp3) is 1.00. The fourth-order valence-electron chi connectivity index (χ4n) is 1.39. The minimum Gasteiger partial charge on any atom is -0.328 e. The van der Waals surface area contributed by atoms with Gasteiger partial charge in [0.25, 0.3) is 0 Å². The van der Waals surface area contributed by atoms with Crippen LogP contribution in [-0.2, 0) is 0 Å². The monoisotopic (exact) mass is 167 g/mol. The summed E-state index contributed by atoms with van der Waals surface area (Å²) in [6.45, 7) is 0.215. The molecule has 0 unspecified atom stereocenters. The summed E-state index contributed by atoms with van der Waals surface area (Å²) < 4.78 is 13.2. The molecule has 3 heteroatoms. The zero-order valence-electron chi connectivity index (χ0n) is 6.11. The molecule has 0 heterocycles. The molecule has 1 aliphatic carbocycles. The molecule has 0 spiro atoms. The molecule has 1 fully saturated rings. The number of alkyl halides is 1. The van der Waals surface area contributed by atoms with E-state index in [2.05, 4.69) is 0 Å². The normalized spacial score (nSPS) is 23.4. The molecule has 0 atom stereocenters. The molecule has 1 aliphatic rings. The van der Waals surface area contributed by atoms with E-state index in [-0.39, 0.29) is 19.0 Å². The highest BCUT2D eigenvalue weighted by atomic mass is 35.5. The Labute approximate surface area is 67.6 Å². The van der Waals surface area contributed by atoms with Crippen molar-refractivity contribution in [2.45, 2.75) is 37.8 Å². The van der Waals surface area contributed by atoms with Crippen LogP contribution in [0.5, 0.6) is 0 Å². The summed E-state index contributed by atoms with van der Waals surface area (Å²) >= 11 is 0. The van der Waals surface area contributed by atoms with Gasteiger partial charge in [0, 0.05) is 6.54 Å². The SMILES string of the molecule is Cl.NCC1(F)CCCCC1. The predicted octanol–water partition coefficient (Wildman–Crippen LogP) is 2.04. The molecular formula is C7H15ClFN. The Morgan fingerprint density at radius 1 is 1.20 bits per heavy atom. The van der Waals surface area contributed by atoms with E-state index in [9.17, 15) is 4.39 Å². The van der Waals surface area contributed by atoms with Gasteiger partial charge in [0.15, 0.2) is 0 Å². The Kier molecular flexibility index (Phi) is 4.22. The summed E-state index contributed by atoms with van der Waals surface area (Å²) in [5.74, 6) is 0. The van der Waals surface area contributed by atoms with Crippen LogP contribution in [0.2, 0.25) is 0 Å². The van der Waals surface area contributed by atoms with E-state index < -0.39 is 5.67 Å². The Hall–Kier alpha value is 0.180. The topological polar surface area (TPSA) is 26.0 Å². The minimum absolute atomic E-state index is 0. The van der Waals surface area contributed by atoms with Gasteiger partial charge >= 0.3 is 0 Å². The van der Waals surface area contributed by atoms with E-state index in [0.29, 0.717) is 12.8 Å². The van der Waals surface area contributed by atoms with Gasteiger partial charge in [-0.3, -0.25) is 0 Å². The molecule has 0 radical (unpaired) electrons. The van der Waals surface area contributed by atoms with Crippen molar-refractivity contribution >= 4 is 12.4 Å². The number of halogens is 2. The summed E-state index contributed by atoms with van der Waals surface area (Å²) in [6, 6.07) is 0. The highest BCUT2D eigenvalue weighted by Gasteiger charge is 2.29. The van der Waals surface area contributed by atoms with Crippen LogP contribution < -0.4 is 5.73 Å². The summed E-state index contributed by atoms with van der Waals surface area (Å²) in [5.41, 5.74) is 4.26. The maximum atomic E-state index is 13.2. The van der Waals surface area contributed by atoms with E-state index >= 15 is 0 Å². The Morgan fingerprint density at radius 2 is 1.70 bits per heavy atom. The Balaban J connectivity index is 0.000000810. The van der Waals surface area contributed by atoms with Crippen LogP contribution >= 0.6 is 12.4 Å². The van der Waals surface area contributed by atoms with Crippen molar-refractivity contribution in [3.63, 3.8) is 0 Å². The lowest BCUT2D eigenvalue weighted by Crippen LogP contribution is -2.34. The van der Waals surface area contributed by atoms with Crippen LogP contribution in [0.25, 0.3) is 0 Å². The van der Waals surface area contributed by atoms with Crippen molar-refractivity contribution in [1.29, 1.82) is 0 Å². The van der Waals surface area contributed by atoms with E-state index in [1.54, 1.807) is 0 Å². The van der Waals surface area contributed by atoms with Gasteiger partial charge in [-0.2, -0.15) is 0 Å². The Morgan fingerprint density at radius 3 is 2.00 bits per heavy atom. The van der Waals surface area contributed by atoms with Crippen molar-refractivity contribution < 1.29 is 4.39 Å². The summed E-state index contributed by atoms with van der Waals surface area (Å²) in [5, 5.41) is 0. The van der Waals surface area contributed by atoms with Crippen LogP contribution in [0.15, 0.2) is 0 Å². The molecule has 0 aromatic heterocycles. The first-order valence-corrected chi connectivity index (χ1v) is 3.66. The van der Waals surface area contributed by atoms with Crippen LogP contribution in [0.1, 0.15) is 32.1 Å². The summed E-state index contributed by atoms with van der Waals surface area (Å²) in [7, 11) is 0. The van der Waals surface area contributed by atoms with E-state index in [1.165, 1.54) is 6.42 Å². The molecule has 0 bridgehead atoms. The number of hydrogen-bond acceptors (Lipinski definition) is 1. The summed E-state index contributed by atoms with van der Waals surface area (Å²) in [4.78, 5) is 0. The number of hydrogen-bond donors (Lipinski definition) is 1. The smallest absolute Gasteiger partial charge is 0.123 e. The van der Waals surface area contributed by atoms with E-state index in [1.807, 2.05) is 0 Å². The van der Waals surface area contributed by atoms with Gasteiger partial charge in [-0.1, -0.05) is 19.3 Å². The number of rotatable bonds is 1. The second-order valence-electron chi connectivity index (χ2n) is 2.92. The van der Waals surface area contributed by atoms with Crippen LogP contribution in [0.4, 0.5) is 4.39 Å². The lowest BCUT2D eigenvalue weighted by atomic mass is 9.87. The standard InChI is InChI=1S/C7H14FN.ClH/c8-7(6-9)4-2-1-3-5-7;/h1-6,9H2;1H. The van der Waals surface area contributed by atoms with Gasteiger partial charge in [0.05, 0.1) is 0 Å². The van der Waals surface area contributed by atoms with Gasteiger partial charge in [0.2, 0.25) is 0 Å². The van der Waals surface area contributed by atoms with Crippen molar-refractivity contribution in [3.05, 3.63) is 0 Å². The fourth-order valence-corrected chi connectivity index (χ4v) is 1.39. The van der Waals surface area contributed by atoms with Gasteiger partial charge in [-0.25, -0.2) is 4.39 Å². The van der Waals surface area contributed by atoms with E-state index in [4.69, 9.17) is 5.73 Å². The van der Waals surface area contributed by atoms with Gasteiger partial charge in [-0.15, -0.1) is 12.4 Å². The van der Waals surface area contributed by atoms with Crippen molar-refractivity contribution in [1.82, 2.24) is 0 Å². The highest BCUT2D eigenvalue weighted by molar-refractivity contribution is 5.85. The first-order chi connectivity index (χ1) is 4.27. The predicted molar refractivity (Wildman–Crippen MR) is 43.2 cm³/mol. The third-order valence-electron chi connectivity index (χ3n) is 2.12. The van der Waals surface area contributed by atoms with Gasteiger partial charge in [0.1, 0.15) is 5.67 Å². The molecule has 0 amide bonds. The molecule has 0 aromatic rings. The minimum atomic E-state index is -1.00. The molecule has 1 saturated carbocycles. The lowest BCUT2D eigenvalue weighted by molar-refractivity contribution is 0.117. The molecular weight excluding hydrogens is 153 g/mol. The molecule has 1 rings (SSSR count). The number of nitrogens with two attached hydrogens (primary N) is 1. The van der Waals surface area contributed by atoms with Crippen LogP contribution in [0.3, 0.4) is 0 Å². The van der Waals surface area contributed by atoms with Gasteiger partial charge in [-0.05, 0) is 12.8 Å². The van der Waals surface area contributed by atoms with Crippen LogP contribution in [-0.4, -0.2) is 12.2 Å². The molecule has 2 N–H and O–H groups in total. The zero-order chi connectivity index (χ0) is 6.74. The second kappa shape index (κ2) is 4.14. The van der Waals surface area contributed by atoms with Crippen molar-refractivity contribution in [3.8, 4) is 0 Å². The maximum Gasteiger partial charge on any atom is 0.123 e. The quantitative estimate of drug-likeness (QED) is 0.636. The molecule has 1 nitrogen and oxygen atoms in total. The Bertz CT molecular complexity index is 91.6. The third kappa shape index (κ3) is 2.43. The lowest BCUT2D eigenvalue weighted by Gasteiger charge is -2.27.